The van der Waals surface area contributed by atoms with E-state index in [4.69, 9.17) is 9.84 Å². The van der Waals surface area contributed by atoms with Gasteiger partial charge in [-0.25, -0.2) is 0 Å². The van der Waals surface area contributed by atoms with Gasteiger partial charge in [-0.15, -0.1) is 0 Å². The van der Waals surface area contributed by atoms with Crippen LogP contribution in [0.3, 0.4) is 0 Å². The zero-order valence-corrected chi connectivity index (χ0v) is 7.16. The van der Waals surface area contributed by atoms with Crippen molar-refractivity contribution in [3.05, 3.63) is 12.2 Å². The Hall–Kier alpha value is -0.870. The molecule has 0 fully saturated rings. The quantitative estimate of drug-likeness (QED) is 0.353. The molecule has 0 saturated heterocycles. The van der Waals surface area contributed by atoms with Crippen molar-refractivity contribution < 1.29 is 19.4 Å². The summed E-state index contributed by atoms with van der Waals surface area (Å²) in [4.78, 5) is 10.5. The standard InChI is InChI=1S/C8H14O4/c1-11-8(10)4-7-12-6-3-2-5-9/h2-3,9H,4-7H2,1H3/b3-2-. The van der Waals surface area contributed by atoms with Crippen LogP contribution in [0.4, 0.5) is 0 Å². The van der Waals surface area contributed by atoms with Crippen molar-refractivity contribution in [3.63, 3.8) is 0 Å². The maximum Gasteiger partial charge on any atom is 0.307 e. The monoisotopic (exact) mass is 174 g/mol. The number of ether oxygens (including phenoxy) is 2. The van der Waals surface area contributed by atoms with Crippen molar-refractivity contribution in [2.45, 2.75) is 6.42 Å². The van der Waals surface area contributed by atoms with E-state index in [9.17, 15) is 4.79 Å². The summed E-state index contributed by atoms with van der Waals surface area (Å²) in [5, 5.41) is 8.33. The number of hydrogen-bond donors (Lipinski definition) is 1. The molecule has 0 aromatic heterocycles. The summed E-state index contributed by atoms with van der Waals surface area (Å²) in [5.74, 6) is -0.277. The summed E-state index contributed by atoms with van der Waals surface area (Å²) >= 11 is 0. The normalized spacial score (nSPS) is 10.5. The second-order valence-electron chi connectivity index (χ2n) is 2.06. The largest absolute Gasteiger partial charge is 0.469 e. The molecule has 0 aliphatic carbocycles. The number of hydrogen-bond acceptors (Lipinski definition) is 4. The van der Waals surface area contributed by atoms with Crippen molar-refractivity contribution >= 4 is 5.97 Å². The molecule has 1 N–H and O–H groups in total. The third-order valence-corrected chi connectivity index (χ3v) is 1.16. The van der Waals surface area contributed by atoms with Crippen molar-refractivity contribution in [2.75, 3.05) is 26.9 Å². The molecule has 0 unspecified atom stereocenters. The average molecular weight is 174 g/mol. The predicted octanol–water partition coefficient (Wildman–Crippen LogP) is 0.115. The van der Waals surface area contributed by atoms with Gasteiger partial charge < -0.3 is 14.6 Å². The lowest BCUT2D eigenvalue weighted by molar-refractivity contribution is -0.141. The highest BCUT2D eigenvalue weighted by Crippen LogP contribution is 1.86. The summed E-state index contributed by atoms with van der Waals surface area (Å²) in [6.07, 6.45) is 3.54. The van der Waals surface area contributed by atoms with Gasteiger partial charge in [-0.1, -0.05) is 12.2 Å². The minimum atomic E-state index is -0.277. The topological polar surface area (TPSA) is 55.8 Å². The van der Waals surface area contributed by atoms with Crippen LogP contribution in [0.15, 0.2) is 12.2 Å². The number of carbonyl (C=O) groups excluding carboxylic acids is 1. The lowest BCUT2D eigenvalue weighted by atomic mass is 10.4. The molecule has 0 spiro atoms. The molecule has 0 rings (SSSR count). The summed E-state index contributed by atoms with van der Waals surface area (Å²) in [5.41, 5.74) is 0. The fraction of sp³-hybridized carbons (Fsp3) is 0.625. The molecule has 0 aromatic carbocycles. The molecule has 12 heavy (non-hydrogen) atoms. The van der Waals surface area contributed by atoms with Gasteiger partial charge in [0.2, 0.25) is 0 Å². The second kappa shape index (κ2) is 8.23. The second-order valence-corrected chi connectivity index (χ2v) is 2.06. The molecule has 0 saturated carbocycles. The summed E-state index contributed by atoms with van der Waals surface area (Å²) in [6.45, 7) is 0.778. The highest BCUT2D eigenvalue weighted by Gasteiger charge is 1.97. The van der Waals surface area contributed by atoms with Crippen LogP contribution in [0.5, 0.6) is 0 Å². The van der Waals surface area contributed by atoms with Crippen LogP contribution in [0.1, 0.15) is 6.42 Å². The molecule has 0 aliphatic rings. The van der Waals surface area contributed by atoms with Crippen LogP contribution >= 0.6 is 0 Å². The van der Waals surface area contributed by atoms with E-state index in [1.165, 1.54) is 7.11 Å². The highest BCUT2D eigenvalue weighted by atomic mass is 16.5. The molecular formula is C8H14O4. The third kappa shape index (κ3) is 7.24. The van der Waals surface area contributed by atoms with Gasteiger partial charge in [0.1, 0.15) is 0 Å². The first kappa shape index (κ1) is 11.1. The van der Waals surface area contributed by atoms with Crippen LogP contribution in [0.25, 0.3) is 0 Å². The van der Waals surface area contributed by atoms with Gasteiger partial charge in [0.25, 0.3) is 0 Å². The van der Waals surface area contributed by atoms with E-state index in [0.29, 0.717) is 13.2 Å². The average Bonchev–Trinajstić information content (AvgIpc) is 2.10. The first-order valence-corrected chi connectivity index (χ1v) is 3.71. The molecule has 0 atom stereocenters. The first-order chi connectivity index (χ1) is 5.81. The Morgan fingerprint density at radius 2 is 2.25 bits per heavy atom. The highest BCUT2D eigenvalue weighted by molar-refractivity contribution is 5.69. The molecular weight excluding hydrogens is 160 g/mol. The molecule has 0 radical (unpaired) electrons. The Morgan fingerprint density at radius 3 is 2.83 bits per heavy atom. The molecule has 0 bridgehead atoms. The number of aliphatic hydroxyl groups is 1. The molecule has 4 heteroatoms. The molecule has 0 heterocycles. The van der Waals surface area contributed by atoms with E-state index in [0.717, 1.165) is 0 Å². The predicted molar refractivity (Wildman–Crippen MR) is 43.7 cm³/mol. The smallest absolute Gasteiger partial charge is 0.307 e. The first-order valence-electron chi connectivity index (χ1n) is 3.71. The van der Waals surface area contributed by atoms with Crippen LogP contribution in [0.2, 0.25) is 0 Å². The van der Waals surface area contributed by atoms with E-state index < -0.39 is 0 Å². The lowest BCUT2D eigenvalue weighted by Crippen LogP contribution is -2.05. The number of rotatable bonds is 6. The molecule has 0 amide bonds. The molecule has 0 aliphatic heterocycles. The fourth-order valence-electron chi connectivity index (χ4n) is 0.552. The minimum absolute atomic E-state index is 0.0142. The number of esters is 1. The zero-order valence-electron chi connectivity index (χ0n) is 7.16. The summed E-state index contributed by atoms with van der Waals surface area (Å²) < 4.78 is 9.41. The summed E-state index contributed by atoms with van der Waals surface area (Å²) in [7, 11) is 1.34. The van der Waals surface area contributed by atoms with Gasteiger partial charge in [0, 0.05) is 0 Å². The van der Waals surface area contributed by atoms with Crippen molar-refractivity contribution in [1.82, 2.24) is 0 Å². The zero-order chi connectivity index (χ0) is 9.23. The van der Waals surface area contributed by atoms with Crippen LogP contribution in [-0.4, -0.2) is 38.0 Å². The van der Waals surface area contributed by atoms with Gasteiger partial charge in [-0.3, -0.25) is 4.79 Å². The molecule has 70 valence electrons. The summed E-state index contributed by atoms with van der Waals surface area (Å²) in [6, 6.07) is 0. The fourth-order valence-corrected chi connectivity index (χ4v) is 0.552. The van der Waals surface area contributed by atoms with E-state index in [1.54, 1.807) is 12.2 Å². The van der Waals surface area contributed by atoms with Gasteiger partial charge in [0.05, 0.1) is 33.4 Å². The van der Waals surface area contributed by atoms with E-state index in [2.05, 4.69) is 4.74 Å². The maximum atomic E-state index is 10.5. The van der Waals surface area contributed by atoms with Gasteiger partial charge in [-0.05, 0) is 0 Å². The van der Waals surface area contributed by atoms with Gasteiger partial charge in [0.15, 0.2) is 0 Å². The Morgan fingerprint density at radius 1 is 1.50 bits per heavy atom. The van der Waals surface area contributed by atoms with E-state index in [1.807, 2.05) is 0 Å². The number of carbonyl (C=O) groups is 1. The van der Waals surface area contributed by atoms with E-state index >= 15 is 0 Å². The Kier molecular flexibility index (Phi) is 7.63. The van der Waals surface area contributed by atoms with Crippen molar-refractivity contribution in [1.29, 1.82) is 0 Å². The van der Waals surface area contributed by atoms with Crippen LogP contribution in [0, 0.1) is 0 Å². The SMILES string of the molecule is COC(=O)CCOC/C=C\CO. The van der Waals surface area contributed by atoms with Gasteiger partial charge in [-0.2, -0.15) is 0 Å². The maximum absolute atomic E-state index is 10.5. The lowest BCUT2D eigenvalue weighted by Gasteiger charge is -1.98. The van der Waals surface area contributed by atoms with E-state index in [-0.39, 0.29) is 19.0 Å². The minimum Gasteiger partial charge on any atom is -0.469 e. The van der Waals surface area contributed by atoms with Crippen LogP contribution in [-0.2, 0) is 14.3 Å². The molecule has 0 aromatic rings. The van der Waals surface area contributed by atoms with Crippen molar-refractivity contribution in [3.8, 4) is 0 Å². The van der Waals surface area contributed by atoms with Crippen LogP contribution < -0.4 is 0 Å². The number of methoxy groups -OCH3 is 1. The number of aliphatic hydroxyl groups excluding tert-OH is 1. The molecule has 4 nitrogen and oxygen atoms in total. The Bertz CT molecular complexity index is 142. The van der Waals surface area contributed by atoms with Crippen molar-refractivity contribution in [2.24, 2.45) is 0 Å². The van der Waals surface area contributed by atoms with Gasteiger partial charge >= 0.3 is 5.97 Å². The third-order valence-electron chi connectivity index (χ3n) is 1.16. The Balaban J connectivity index is 3.10. The Labute approximate surface area is 71.8 Å².